The van der Waals surface area contributed by atoms with Gasteiger partial charge in [-0.3, -0.25) is 9.36 Å². The van der Waals surface area contributed by atoms with Crippen molar-refractivity contribution in [1.29, 1.82) is 5.26 Å². The number of nitriles is 1. The first-order valence-corrected chi connectivity index (χ1v) is 7.38. The predicted molar refractivity (Wildman–Crippen MR) is 87.1 cm³/mol. The summed E-state index contributed by atoms with van der Waals surface area (Å²) in [5.74, 6) is -0.970. The molecular weight excluding hydrogens is 325 g/mol. The maximum atomic E-state index is 12.9. The number of ether oxygens (including phenoxy) is 1. The second kappa shape index (κ2) is 6.93. The van der Waals surface area contributed by atoms with Crippen molar-refractivity contribution in [3.8, 4) is 6.07 Å². The van der Waals surface area contributed by atoms with Crippen LogP contribution in [0, 0.1) is 17.1 Å². The Hall–Kier alpha value is -3.53. The summed E-state index contributed by atoms with van der Waals surface area (Å²) >= 11 is 0. The van der Waals surface area contributed by atoms with Crippen LogP contribution in [-0.2, 0) is 17.9 Å². The van der Waals surface area contributed by atoms with Crippen LogP contribution >= 0.6 is 0 Å². The normalized spacial score (nSPS) is 10.4. The number of carbonyl (C=O) groups excluding carboxylic acids is 1. The van der Waals surface area contributed by atoms with E-state index >= 15 is 0 Å². The van der Waals surface area contributed by atoms with Gasteiger partial charge < -0.3 is 4.74 Å². The lowest BCUT2D eigenvalue weighted by molar-refractivity contribution is 0.0457. The molecule has 0 radical (unpaired) electrons. The summed E-state index contributed by atoms with van der Waals surface area (Å²) in [6.07, 6.45) is 0. The number of carbonyl (C=O) groups is 1. The molecule has 3 rings (SSSR count). The summed E-state index contributed by atoms with van der Waals surface area (Å²) in [5, 5.41) is 9.32. The van der Waals surface area contributed by atoms with Crippen LogP contribution in [0.25, 0.3) is 10.9 Å². The fourth-order valence-electron chi connectivity index (χ4n) is 2.36. The fourth-order valence-corrected chi connectivity index (χ4v) is 2.36. The average molecular weight is 337 g/mol. The number of fused-ring (bicyclic) bond motifs is 1. The van der Waals surface area contributed by atoms with Gasteiger partial charge in [0, 0.05) is 0 Å². The first kappa shape index (κ1) is 16.3. The Morgan fingerprint density at radius 3 is 2.64 bits per heavy atom. The number of benzene rings is 2. The number of para-hydroxylation sites is 1. The smallest absolute Gasteiger partial charge is 0.338 e. The van der Waals surface area contributed by atoms with Gasteiger partial charge >= 0.3 is 5.97 Å². The highest BCUT2D eigenvalue weighted by molar-refractivity contribution is 5.89. The first-order chi connectivity index (χ1) is 12.1. The van der Waals surface area contributed by atoms with Crippen molar-refractivity contribution in [1.82, 2.24) is 9.55 Å². The SMILES string of the molecule is N#CCn1c(COC(=O)c2ccc(F)cc2)nc2ccccc2c1=O. The summed E-state index contributed by atoms with van der Waals surface area (Å²) in [6, 6.07) is 13.5. The van der Waals surface area contributed by atoms with Crippen molar-refractivity contribution in [2.45, 2.75) is 13.2 Å². The molecule has 0 saturated carbocycles. The van der Waals surface area contributed by atoms with Crippen LogP contribution in [0.1, 0.15) is 16.2 Å². The molecule has 25 heavy (non-hydrogen) atoms. The largest absolute Gasteiger partial charge is 0.454 e. The molecule has 0 atom stereocenters. The van der Waals surface area contributed by atoms with Crippen molar-refractivity contribution in [3.63, 3.8) is 0 Å². The van der Waals surface area contributed by atoms with Crippen molar-refractivity contribution < 1.29 is 13.9 Å². The van der Waals surface area contributed by atoms with Gasteiger partial charge in [0.2, 0.25) is 0 Å². The maximum absolute atomic E-state index is 12.9. The Morgan fingerprint density at radius 1 is 1.20 bits per heavy atom. The molecule has 7 heteroatoms. The standard InChI is InChI=1S/C18H12FN3O3/c19-13-7-5-12(6-8-13)18(24)25-11-16-21-15-4-2-1-3-14(15)17(23)22(16)10-9-20/h1-8H,10-11H2. The molecule has 124 valence electrons. The molecule has 0 spiro atoms. The summed E-state index contributed by atoms with van der Waals surface area (Å²) in [5.41, 5.74) is 0.255. The number of hydrogen-bond acceptors (Lipinski definition) is 5. The van der Waals surface area contributed by atoms with Crippen LogP contribution in [0.4, 0.5) is 4.39 Å². The van der Waals surface area contributed by atoms with Gasteiger partial charge in [-0.15, -0.1) is 0 Å². The van der Waals surface area contributed by atoms with Gasteiger partial charge in [0.05, 0.1) is 22.5 Å². The minimum absolute atomic E-state index is 0.167. The van der Waals surface area contributed by atoms with E-state index in [-0.39, 0.29) is 30.1 Å². The molecule has 0 bridgehead atoms. The molecule has 1 aromatic heterocycles. The zero-order valence-corrected chi connectivity index (χ0v) is 13.0. The van der Waals surface area contributed by atoms with Crippen LogP contribution in [0.15, 0.2) is 53.3 Å². The topological polar surface area (TPSA) is 85.0 Å². The molecule has 3 aromatic rings. The third-order valence-electron chi connectivity index (χ3n) is 3.58. The quantitative estimate of drug-likeness (QED) is 0.683. The maximum Gasteiger partial charge on any atom is 0.338 e. The summed E-state index contributed by atoms with van der Waals surface area (Å²) in [7, 11) is 0. The lowest BCUT2D eigenvalue weighted by atomic mass is 10.2. The number of halogens is 1. The molecule has 0 aliphatic heterocycles. The zero-order valence-electron chi connectivity index (χ0n) is 13.0. The van der Waals surface area contributed by atoms with Crippen molar-refractivity contribution in [2.75, 3.05) is 0 Å². The van der Waals surface area contributed by atoms with E-state index in [0.29, 0.717) is 10.9 Å². The van der Waals surface area contributed by atoms with Crippen LogP contribution < -0.4 is 5.56 Å². The number of esters is 1. The number of nitrogens with zero attached hydrogens (tertiary/aromatic N) is 3. The second-order valence-electron chi connectivity index (χ2n) is 5.18. The lowest BCUT2D eigenvalue weighted by Crippen LogP contribution is -2.26. The summed E-state index contributed by atoms with van der Waals surface area (Å²) < 4.78 is 19.2. The Balaban J connectivity index is 1.91. The van der Waals surface area contributed by atoms with Gasteiger partial charge in [-0.2, -0.15) is 5.26 Å². The predicted octanol–water partition coefficient (Wildman–Crippen LogP) is 2.42. The molecule has 0 aliphatic rings. The van der Waals surface area contributed by atoms with E-state index in [9.17, 15) is 14.0 Å². The van der Waals surface area contributed by atoms with Crippen molar-refractivity contribution >= 4 is 16.9 Å². The molecule has 0 aliphatic carbocycles. The first-order valence-electron chi connectivity index (χ1n) is 7.38. The molecule has 2 aromatic carbocycles. The van der Waals surface area contributed by atoms with Gasteiger partial charge in [0.1, 0.15) is 19.0 Å². The van der Waals surface area contributed by atoms with Crippen LogP contribution in [0.2, 0.25) is 0 Å². The van der Waals surface area contributed by atoms with Crippen LogP contribution in [0.3, 0.4) is 0 Å². The van der Waals surface area contributed by atoms with Gasteiger partial charge in [0.15, 0.2) is 5.82 Å². The highest BCUT2D eigenvalue weighted by atomic mass is 19.1. The molecule has 0 amide bonds. The van der Waals surface area contributed by atoms with E-state index in [1.54, 1.807) is 24.3 Å². The molecule has 0 saturated heterocycles. The highest BCUT2D eigenvalue weighted by Gasteiger charge is 2.14. The Kier molecular flexibility index (Phi) is 4.53. The van der Waals surface area contributed by atoms with E-state index in [4.69, 9.17) is 10.00 Å². The fraction of sp³-hybridized carbons (Fsp3) is 0.111. The Labute approximate surface area is 141 Å². The summed E-state index contributed by atoms with van der Waals surface area (Å²) in [4.78, 5) is 28.8. The van der Waals surface area contributed by atoms with E-state index in [1.807, 2.05) is 6.07 Å². The minimum atomic E-state index is -0.675. The van der Waals surface area contributed by atoms with E-state index in [0.717, 1.165) is 12.1 Å². The van der Waals surface area contributed by atoms with Crippen LogP contribution in [-0.4, -0.2) is 15.5 Å². The third-order valence-corrected chi connectivity index (χ3v) is 3.58. The van der Waals surface area contributed by atoms with Gasteiger partial charge in [0.25, 0.3) is 5.56 Å². The van der Waals surface area contributed by atoms with Crippen molar-refractivity contribution in [3.05, 3.63) is 76.1 Å². The molecule has 0 N–H and O–H groups in total. The number of rotatable bonds is 4. The summed E-state index contributed by atoms with van der Waals surface area (Å²) in [6.45, 7) is -0.488. The molecule has 1 heterocycles. The molecule has 0 fully saturated rings. The lowest BCUT2D eigenvalue weighted by Gasteiger charge is -2.11. The highest BCUT2D eigenvalue weighted by Crippen LogP contribution is 2.10. The second-order valence-corrected chi connectivity index (χ2v) is 5.18. The molecule has 6 nitrogen and oxygen atoms in total. The number of aromatic nitrogens is 2. The van der Waals surface area contributed by atoms with E-state index in [2.05, 4.69) is 4.98 Å². The monoisotopic (exact) mass is 337 g/mol. The Morgan fingerprint density at radius 2 is 1.92 bits per heavy atom. The third kappa shape index (κ3) is 3.38. The molecular formula is C18H12FN3O3. The minimum Gasteiger partial charge on any atom is -0.454 e. The van der Waals surface area contributed by atoms with Gasteiger partial charge in [-0.25, -0.2) is 14.2 Å². The zero-order chi connectivity index (χ0) is 17.8. The Bertz CT molecular complexity index is 1040. The van der Waals surface area contributed by atoms with Gasteiger partial charge in [-0.1, -0.05) is 12.1 Å². The van der Waals surface area contributed by atoms with Crippen molar-refractivity contribution in [2.24, 2.45) is 0 Å². The van der Waals surface area contributed by atoms with Gasteiger partial charge in [-0.05, 0) is 36.4 Å². The van der Waals surface area contributed by atoms with Crippen LogP contribution in [0.5, 0.6) is 0 Å². The average Bonchev–Trinajstić information content (AvgIpc) is 2.63. The van der Waals surface area contributed by atoms with E-state index < -0.39 is 11.8 Å². The molecule has 0 unspecified atom stereocenters. The number of hydrogen-bond donors (Lipinski definition) is 0. The van der Waals surface area contributed by atoms with E-state index in [1.165, 1.54) is 16.7 Å².